The average molecular weight is 216 g/mol. The van der Waals surface area contributed by atoms with Gasteiger partial charge in [-0.2, -0.15) is 0 Å². The first-order valence-corrected chi connectivity index (χ1v) is 6.06. The van der Waals surface area contributed by atoms with E-state index in [4.69, 9.17) is 0 Å². The van der Waals surface area contributed by atoms with Crippen LogP contribution >= 0.6 is 11.3 Å². The lowest BCUT2D eigenvalue weighted by molar-refractivity contribution is 0.280. The number of rotatable bonds is 1. The molecule has 1 aromatic carbocycles. The summed E-state index contributed by atoms with van der Waals surface area (Å²) in [4.78, 5) is 1.39. The fourth-order valence-electron chi connectivity index (χ4n) is 2.32. The van der Waals surface area contributed by atoms with Gasteiger partial charge in [-0.15, -0.1) is 11.3 Å². The summed E-state index contributed by atoms with van der Waals surface area (Å²) >= 11 is 1.81. The molecule has 0 bridgehead atoms. The van der Waals surface area contributed by atoms with E-state index >= 15 is 0 Å². The Balaban J connectivity index is 2.25. The van der Waals surface area contributed by atoms with Gasteiger partial charge in [0.15, 0.2) is 0 Å². The van der Waals surface area contributed by atoms with E-state index < -0.39 is 0 Å². The molecule has 1 aliphatic carbocycles. The molecule has 0 spiro atoms. The maximum Gasteiger partial charge on any atom is 0.0684 e. The molecule has 0 unspecified atom stereocenters. The second-order valence-corrected chi connectivity index (χ2v) is 4.79. The summed E-state index contributed by atoms with van der Waals surface area (Å²) in [6, 6.07) is 8.45. The van der Waals surface area contributed by atoms with Crippen LogP contribution in [0, 0.1) is 0 Å². The van der Waals surface area contributed by atoms with Crippen LogP contribution in [0.25, 0.3) is 10.4 Å². The molecule has 3 rings (SSSR count). The molecule has 1 heterocycles. The predicted octanol–water partition coefficient (Wildman–Crippen LogP) is 3.01. The molecule has 0 fully saturated rings. The number of thiophene rings is 1. The molecule has 0 radical (unpaired) electrons. The van der Waals surface area contributed by atoms with Crippen molar-refractivity contribution in [3.8, 4) is 10.4 Å². The summed E-state index contributed by atoms with van der Waals surface area (Å²) in [6.45, 7) is 0.157. The van der Waals surface area contributed by atoms with E-state index in [1.54, 1.807) is 11.3 Å². The molecule has 2 heteroatoms. The number of fused-ring (bicyclic) bond motifs is 3. The lowest BCUT2D eigenvalue weighted by atomic mass is 9.88. The van der Waals surface area contributed by atoms with Gasteiger partial charge in [-0.3, -0.25) is 0 Å². The Labute approximate surface area is 93.0 Å². The van der Waals surface area contributed by atoms with Crippen molar-refractivity contribution >= 4 is 11.3 Å². The van der Waals surface area contributed by atoms with Gasteiger partial charge >= 0.3 is 0 Å². The molecule has 1 aromatic heterocycles. The van der Waals surface area contributed by atoms with Crippen LogP contribution in [-0.4, -0.2) is 5.11 Å². The summed E-state index contributed by atoms with van der Waals surface area (Å²) in [5.41, 5.74) is 5.22. The molecule has 0 saturated carbocycles. The molecule has 0 saturated heterocycles. The molecular weight excluding hydrogens is 204 g/mol. The minimum Gasteiger partial charge on any atom is -0.392 e. The van der Waals surface area contributed by atoms with Crippen LogP contribution in [0.4, 0.5) is 0 Å². The van der Waals surface area contributed by atoms with Crippen LogP contribution in [0.5, 0.6) is 0 Å². The van der Waals surface area contributed by atoms with E-state index in [-0.39, 0.29) is 6.61 Å². The summed E-state index contributed by atoms with van der Waals surface area (Å²) < 4.78 is 0. The van der Waals surface area contributed by atoms with Gasteiger partial charge in [0, 0.05) is 4.88 Å². The monoisotopic (exact) mass is 216 g/mol. The van der Waals surface area contributed by atoms with Crippen LogP contribution in [-0.2, 0) is 19.4 Å². The van der Waals surface area contributed by atoms with Gasteiger partial charge in [-0.1, -0.05) is 18.2 Å². The maximum atomic E-state index is 9.30. The van der Waals surface area contributed by atoms with Crippen LogP contribution in [0.1, 0.15) is 16.7 Å². The van der Waals surface area contributed by atoms with Crippen molar-refractivity contribution in [3.63, 3.8) is 0 Å². The van der Waals surface area contributed by atoms with Crippen molar-refractivity contribution in [3.05, 3.63) is 46.3 Å². The van der Waals surface area contributed by atoms with Gasteiger partial charge in [0.1, 0.15) is 0 Å². The number of hydrogen-bond acceptors (Lipinski definition) is 2. The number of hydrogen-bond donors (Lipinski definition) is 1. The topological polar surface area (TPSA) is 20.2 Å². The molecule has 1 N–H and O–H groups in total. The number of aryl methyl sites for hydroxylation is 1. The quantitative estimate of drug-likeness (QED) is 0.777. The first-order chi connectivity index (χ1) is 7.40. The van der Waals surface area contributed by atoms with E-state index in [9.17, 15) is 5.11 Å². The van der Waals surface area contributed by atoms with Gasteiger partial charge in [0.2, 0.25) is 0 Å². The second kappa shape index (κ2) is 3.47. The highest BCUT2D eigenvalue weighted by molar-refractivity contribution is 7.13. The highest BCUT2D eigenvalue weighted by Crippen LogP contribution is 2.38. The molecule has 76 valence electrons. The summed E-state index contributed by atoms with van der Waals surface area (Å²) in [6.07, 6.45) is 2.18. The molecule has 0 atom stereocenters. The third-order valence-electron chi connectivity index (χ3n) is 3.08. The minimum atomic E-state index is 0.157. The molecular formula is C13H12OS. The van der Waals surface area contributed by atoms with Gasteiger partial charge in [0.25, 0.3) is 0 Å². The SMILES string of the molecule is OCc1cccc2c1CCc1ccsc1-2. The van der Waals surface area contributed by atoms with E-state index in [1.807, 2.05) is 12.1 Å². The Bertz CT molecular complexity index is 499. The first-order valence-electron chi connectivity index (χ1n) is 5.18. The standard InChI is InChI=1S/C13H12OS/c14-8-10-2-1-3-12-11(10)5-4-9-6-7-15-13(9)12/h1-3,6-7,14H,4-5,8H2. The number of aliphatic hydroxyl groups is 1. The van der Waals surface area contributed by atoms with Crippen molar-refractivity contribution < 1.29 is 5.11 Å². The van der Waals surface area contributed by atoms with Crippen LogP contribution in [0.15, 0.2) is 29.6 Å². The Morgan fingerprint density at radius 1 is 1.20 bits per heavy atom. The van der Waals surface area contributed by atoms with Crippen molar-refractivity contribution in [2.75, 3.05) is 0 Å². The molecule has 0 aliphatic heterocycles. The number of aliphatic hydroxyl groups excluding tert-OH is 1. The second-order valence-electron chi connectivity index (χ2n) is 3.88. The normalized spacial score (nSPS) is 13.4. The Morgan fingerprint density at radius 3 is 3.00 bits per heavy atom. The third-order valence-corrected chi connectivity index (χ3v) is 4.07. The fourth-order valence-corrected chi connectivity index (χ4v) is 3.33. The van der Waals surface area contributed by atoms with Gasteiger partial charge in [-0.25, -0.2) is 0 Å². The van der Waals surface area contributed by atoms with E-state index in [2.05, 4.69) is 17.5 Å². The summed E-state index contributed by atoms with van der Waals surface area (Å²) in [5.74, 6) is 0. The summed E-state index contributed by atoms with van der Waals surface area (Å²) in [7, 11) is 0. The highest BCUT2D eigenvalue weighted by Gasteiger charge is 2.18. The van der Waals surface area contributed by atoms with Gasteiger partial charge in [0.05, 0.1) is 6.61 Å². The van der Waals surface area contributed by atoms with Crippen molar-refractivity contribution in [1.29, 1.82) is 0 Å². The fraction of sp³-hybridized carbons (Fsp3) is 0.231. The highest BCUT2D eigenvalue weighted by atomic mass is 32.1. The lowest BCUT2D eigenvalue weighted by Crippen LogP contribution is -2.04. The number of benzene rings is 1. The predicted molar refractivity (Wildman–Crippen MR) is 63.1 cm³/mol. The molecule has 2 aromatic rings. The molecule has 1 nitrogen and oxygen atoms in total. The molecule has 15 heavy (non-hydrogen) atoms. The Hall–Kier alpha value is -1.12. The lowest BCUT2D eigenvalue weighted by Gasteiger charge is -2.18. The molecule has 0 amide bonds. The zero-order chi connectivity index (χ0) is 10.3. The largest absolute Gasteiger partial charge is 0.392 e. The Kier molecular flexibility index (Phi) is 2.11. The van der Waals surface area contributed by atoms with E-state index in [0.717, 1.165) is 18.4 Å². The van der Waals surface area contributed by atoms with E-state index in [1.165, 1.54) is 21.6 Å². The van der Waals surface area contributed by atoms with Crippen molar-refractivity contribution in [2.24, 2.45) is 0 Å². The Morgan fingerprint density at radius 2 is 2.13 bits per heavy atom. The minimum absolute atomic E-state index is 0.157. The van der Waals surface area contributed by atoms with Crippen LogP contribution in [0.3, 0.4) is 0 Å². The van der Waals surface area contributed by atoms with Crippen LogP contribution in [0.2, 0.25) is 0 Å². The van der Waals surface area contributed by atoms with Crippen molar-refractivity contribution in [1.82, 2.24) is 0 Å². The van der Waals surface area contributed by atoms with E-state index in [0.29, 0.717) is 0 Å². The first kappa shape index (κ1) is 9.13. The molecule has 1 aliphatic rings. The van der Waals surface area contributed by atoms with Gasteiger partial charge < -0.3 is 5.11 Å². The third kappa shape index (κ3) is 1.33. The van der Waals surface area contributed by atoms with Crippen LogP contribution < -0.4 is 0 Å². The zero-order valence-electron chi connectivity index (χ0n) is 8.36. The summed E-state index contributed by atoms with van der Waals surface area (Å²) in [5, 5.41) is 11.5. The van der Waals surface area contributed by atoms with Crippen molar-refractivity contribution in [2.45, 2.75) is 19.4 Å². The van der Waals surface area contributed by atoms with Gasteiger partial charge in [-0.05, 0) is 46.5 Å². The average Bonchev–Trinajstić information content (AvgIpc) is 2.76. The smallest absolute Gasteiger partial charge is 0.0684 e. The maximum absolute atomic E-state index is 9.30. The zero-order valence-corrected chi connectivity index (χ0v) is 9.18.